The first kappa shape index (κ1) is 28.1. The van der Waals surface area contributed by atoms with Gasteiger partial charge in [0.05, 0.1) is 15.5 Å². The van der Waals surface area contributed by atoms with E-state index >= 15 is 0 Å². The van der Waals surface area contributed by atoms with Gasteiger partial charge in [-0.2, -0.15) is 4.98 Å². The molecule has 1 aliphatic heterocycles. The lowest BCUT2D eigenvalue weighted by atomic mass is 9.87. The maximum atomic E-state index is 12.6. The molecule has 0 saturated carbocycles. The second kappa shape index (κ2) is 11.1. The highest BCUT2D eigenvalue weighted by atomic mass is 35.5. The molecule has 1 fully saturated rings. The van der Waals surface area contributed by atoms with Gasteiger partial charge in [0.2, 0.25) is 16.0 Å². The van der Waals surface area contributed by atoms with Crippen LogP contribution in [0.15, 0.2) is 42.6 Å². The summed E-state index contributed by atoms with van der Waals surface area (Å²) in [5.74, 6) is 1.67. The predicted molar refractivity (Wildman–Crippen MR) is 158 cm³/mol. The monoisotopic (exact) mass is 556 g/mol. The van der Waals surface area contributed by atoms with E-state index in [0.29, 0.717) is 34.1 Å². The third-order valence-electron chi connectivity index (χ3n) is 6.94. The van der Waals surface area contributed by atoms with Crippen LogP contribution in [-0.4, -0.2) is 48.2 Å². The topological polar surface area (TPSA) is 99.2 Å². The zero-order chi connectivity index (χ0) is 27.7. The number of benzene rings is 2. The number of rotatable bonds is 7. The van der Waals surface area contributed by atoms with Crippen molar-refractivity contribution in [2.24, 2.45) is 0 Å². The lowest BCUT2D eigenvalue weighted by Gasteiger charge is -2.30. The number of hydrogen-bond donors (Lipinski definition) is 3. The first-order valence-corrected chi connectivity index (χ1v) is 14.7. The number of likely N-dealkylation sites (tertiary alicyclic amines) is 1. The number of sulfonamides is 1. The van der Waals surface area contributed by atoms with Crippen molar-refractivity contribution >= 4 is 50.5 Å². The summed E-state index contributed by atoms with van der Waals surface area (Å²) >= 11 is 6.29. The summed E-state index contributed by atoms with van der Waals surface area (Å²) in [6.45, 7) is 11.2. The molecule has 3 N–H and O–H groups in total. The minimum Gasteiger partial charge on any atom is -0.340 e. The molecule has 38 heavy (non-hydrogen) atoms. The fourth-order valence-corrected chi connectivity index (χ4v) is 5.39. The highest BCUT2D eigenvalue weighted by molar-refractivity contribution is 7.94. The Bertz CT molecular complexity index is 1410. The van der Waals surface area contributed by atoms with Crippen molar-refractivity contribution < 1.29 is 8.42 Å². The van der Waals surface area contributed by atoms with Crippen molar-refractivity contribution in [2.75, 3.05) is 35.5 Å². The highest BCUT2D eigenvalue weighted by Gasteiger charge is 2.29. The van der Waals surface area contributed by atoms with Crippen LogP contribution in [-0.2, 0) is 10.0 Å². The summed E-state index contributed by atoms with van der Waals surface area (Å²) < 4.78 is 26.9. The quantitative estimate of drug-likeness (QED) is 0.302. The normalized spacial score (nSPS) is 15.3. The molecule has 10 heteroatoms. The van der Waals surface area contributed by atoms with Crippen LogP contribution < -0.4 is 15.4 Å². The standard InChI is InChI=1S/C28H37ClN6O2S/c1-18-15-21(7-9-23(18)20-11-13-35(6)14-12-20)32-27-30-17-19(2)26(33-27)31-22-8-10-24(29)25(16-22)34-38(36,37)28(3,4)5/h7-10,15-17,20,34H,11-14H2,1-6H3,(H2,30,31,32,33). The fraction of sp³-hybridized carbons (Fsp3) is 0.429. The van der Waals surface area contributed by atoms with Gasteiger partial charge in [0.1, 0.15) is 5.82 Å². The van der Waals surface area contributed by atoms with Crippen LogP contribution in [0.3, 0.4) is 0 Å². The molecule has 1 aliphatic rings. The number of aromatic nitrogens is 2. The van der Waals surface area contributed by atoms with Crippen molar-refractivity contribution in [3.8, 4) is 0 Å². The third-order valence-corrected chi connectivity index (χ3v) is 9.37. The van der Waals surface area contributed by atoms with Crippen LogP contribution in [0, 0.1) is 13.8 Å². The average molecular weight is 557 g/mol. The molecule has 1 saturated heterocycles. The molecule has 2 heterocycles. The van der Waals surface area contributed by atoms with Gasteiger partial charge in [0.15, 0.2) is 0 Å². The van der Waals surface area contributed by atoms with Crippen LogP contribution in [0.2, 0.25) is 5.02 Å². The Balaban J connectivity index is 1.51. The molecule has 0 unspecified atom stereocenters. The molecule has 0 bridgehead atoms. The molecule has 0 spiro atoms. The van der Waals surface area contributed by atoms with Gasteiger partial charge in [-0.05, 0) is 115 Å². The predicted octanol–water partition coefficient (Wildman–Crippen LogP) is 6.58. The summed E-state index contributed by atoms with van der Waals surface area (Å²) in [4.78, 5) is 11.5. The van der Waals surface area contributed by atoms with Crippen molar-refractivity contribution in [1.82, 2.24) is 14.9 Å². The third kappa shape index (κ3) is 6.57. The first-order valence-electron chi connectivity index (χ1n) is 12.8. The second-order valence-corrected chi connectivity index (χ2v) is 13.9. The second-order valence-electron chi connectivity index (χ2n) is 11.0. The van der Waals surface area contributed by atoms with E-state index in [-0.39, 0.29) is 0 Å². The van der Waals surface area contributed by atoms with Gasteiger partial charge in [-0.1, -0.05) is 17.7 Å². The van der Waals surface area contributed by atoms with Gasteiger partial charge < -0.3 is 15.5 Å². The number of nitrogens with zero attached hydrogens (tertiary/aromatic N) is 3. The Kier molecular flexibility index (Phi) is 8.20. The molecular formula is C28H37ClN6O2S. The van der Waals surface area contributed by atoms with Crippen LogP contribution in [0.1, 0.15) is 56.2 Å². The first-order chi connectivity index (χ1) is 17.8. The zero-order valence-electron chi connectivity index (χ0n) is 22.9. The van der Waals surface area contributed by atoms with Gasteiger partial charge in [-0.25, -0.2) is 13.4 Å². The molecule has 2 aromatic carbocycles. The number of nitrogens with one attached hydrogen (secondary N) is 3. The van der Waals surface area contributed by atoms with Gasteiger partial charge in [0, 0.05) is 23.1 Å². The van der Waals surface area contributed by atoms with E-state index in [1.807, 2.05) is 6.92 Å². The Hall–Kier alpha value is -2.88. The molecule has 3 aromatic rings. The van der Waals surface area contributed by atoms with E-state index in [2.05, 4.69) is 62.4 Å². The number of halogens is 1. The molecular weight excluding hydrogens is 520 g/mol. The van der Waals surface area contributed by atoms with Crippen molar-refractivity contribution in [2.45, 2.75) is 58.1 Å². The van der Waals surface area contributed by atoms with Gasteiger partial charge >= 0.3 is 0 Å². The smallest absolute Gasteiger partial charge is 0.237 e. The van der Waals surface area contributed by atoms with Gasteiger partial charge in [-0.3, -0.25) is 4.72 Å². The van der Waals surface area contributed by atoms with E-state index in [4.69, 9.17) is 11.6 Å². The maximum Gasteiger partial charge on any atom is 0.237 e. The van der Waals surface area contributed by atoms with Gasteiger partial charge in [-0.15, -0.1) is 0 Å². The number of aryl methyl sites for hydroxylation is 2. The number of anilines is 5. The minimum absolute atomic E-state index is 0.303. The van der Waals surface area contributed by atoms with Crippen molar-refractivity contribution in [3.05, 3.63) is 64.3 Å². The molecule has 204 valence electrons. The molecule has 0 aliphatic carbocycles. The summed E-state index contributed by atoms with van der Waals surface area (Å²) in [5, 5.41) is 6.90. The Morgan fingerprint density at radius 1 is 0.974 bits per heavy atom. The van der Waals surface area contributed by atoms with E-state index in [9.17, 15) is 8.42 Å². The highest BCUT2D eigenvalue weighted by Crippen LogP contribution is 2.33. The number of piperidine rings is 1. The summed E-state index contributed by atoms with van der Waals surface area (Å²) in [6, 6.07) is 11.5. The van der Waals surface area contributed by atoms with E-state index in [1.54, 1.807) is 45.2 Å². The van der Waals surface area contributed by atoms with E-state index in [0.717, 1.165) is 24.3 Å². The Morgan fingerprint density at radius 3 is 2.29 bits per heavy atom. The van der Waals surface area contributed by atoms with Crippen LogP contribution >= 0.6 is 11.6 Å². The number of hydrogen-bond acceptors (Lipinski definition) is 7. The lowest BCUT2D eigenvalue weighted by molar-refractivity contribution is 0.255. The lowest BCUT2D eigenvalue weighted by Crippen LogP contribution is -2.33. The molecule has 0 atom stereocenters. The summed E-state index contributed by atoms with van der Waals surface area (Å²) in [5.41, 5.74) is 5.40. The van der Waals surface area contributed by atoms with E-state index < -0.39 is 14.8 Å². The van der Waals surface area contributed by atoms with Crippen LogP contribution in [0.25, 0.3) is 0 Å². The van der Waals surface area contributed by atoms with Gasteiger partial charge in [0.25, 0.3) is 0 Å². The van der Waals surface area contributed by atoms with Crippen LogP contribution in [0.4, 0.5) is 28.8 Å². The Morgan fingerprint density at radius 2 is 1.63 bits per heavy atom. The Labute approximate surface area is 231 Å². The van der Waals surface area contributed by atoms with Crippen molar-refractivity contribution in [3.63, 3.8) is 0 Å². The minimum atomic E-state index is -3.63. The maximum absolute atomic E-state index is 12.6. The fourth-order valence-electron chi connectivity index (χ4n) is 4.40. The molecule has 4 rings (SSSR count). The average Bonchev–Trinajstić information content (AvgIpc) is 2.83. The zero-order valence-corrected chi connectivity index (χ0v) is 24.5. The van der Waals surface area contributed by atoms with Crippen molar-refractivity contribution in [1.29, 1.82) is 0 Å². The SMILES string of the molecule is Cc1cc(Nc2ncc(C)c(Nc3ccc(Cl)c(NS(=O)(=O)C(C)(C)C)c3)n2)ccc1C1CCN(C)CC1. The molecule has 0 radical (unpaired) electrons. The molecule has 1 aromatic heterocycles. The largest absolute Gasteiger partial charge is 0.340 e. The summed E-state index contributed by atoms with van der Waals surface area (Å²) in [7, 11) is -1.45. The summed E-state index contributed by atoms with van der Waals surface area (Å²) in [6.07, 6.45) is 4.12. The molecule has 0 amide bonds. The molecule has 8 nitrogen and oxygen atoms in total. The van der Waals surface area contributed by atoms with E-state index in [1.165, 1.54) is 24.0 Å². The van der Waals surface area contributed by atoms with Crippen LogP contribution in [0.5, 0.6) is 0 Å².